The Hall–Kier alpha value is -0.950. The van der Waals surface area contributed by atoms with Crippen molar-refractivity contribution in [1.29, 1.82) is 0 Å². The molecule has 0 aliphatic heterocycles. The van der Waals surface area contributed by atoms with Crippen LogP contribution in [-0.2, 0) is 0 Å². The molecule has 0 bridgehead atoms. The number of rotatable bonds is 5. The van der Waals surface area contributed by atoms with Gasteiger partial charge in [-0.25, -0.2) is 0 Å². The SMILES string of the molecule is C=C(C)\C=C/C=C/C(/C=C\CS)=C/C. The fourth-order valence-corrected chi connectivity index (χ4v) is 0.929. The van der Waals surface area contributed by atoms with Gasteiger partial charge in [-0.05, 0) is 19.4 Å². The number of hydrogen-bond acceptors (Lipinski definition) is 1. The van der Waals surface area contributed by atoms with E-state index >= 15 is 0 Å². The average Bonchev–Trinajstić information content (AvgIpc) is 2.16. The van der Waals surface area contributed by atoms with Crippen LogP contribution in [0.4, 0.5) is 0 Å². The minimum atomic E-state index is 0.771. The Morgan fingerprint density at radius 3 is 2.36 bits per heavy atom. The lowest BCUT2D eigenvalue weighted by molar-refractivity contribution is 1.55. The standard InChI is InChI=1S/C13H18S/c1-4-13(10-7-11-14)9-6-5-8-12(2)3/h4-10,14H,2,11H2,1,3H3/b8-5-,9-6+,10-7-,13-4-. The summed E-state index contributed by atoms with van der Waals surface area (Å²) in [4.78, 5) is 0. The van der Waals surface area contributed by atoms with Gasteiger partial charge in [0, 0.05) is 5.75 Å². The summed E-state index contributed by atoms with van der Waals surface area (Å²) in [7, 11) is 0. The molecule has 0 aromatic heterocycles. The minimum Gasteiger partial charge on any atom is -0.175 e. The van der Waals surface area contributed by atoms with Crippen molar-refractivity contribution < 1.29 is 0 Å². The van der Waals surface area contributed by atoms with Crippen molar-refractivity contribution in [1.82, 2.24) is 0 Å². The maximum atomic E-state index is 4.11. The molecular formula is C13H18S. The normalized spacial score (nSPS) is 13.5. The first-order chi connectivity index (χ1) is 6.70. The van der Waals surface area contributed by atoms with Gasteiger partial charge in [-0.2, -0.15) is 12.6 Å². The van der Waals surface area contributed by atoms with Crippen LogP contribution in [0.5, 0.6) is 0 Å². The summed E-state index contributed by atoms with van der Waals surface area (Å²) in [5, 5.41) is 0. The molecule has 0 aromatic rings. The van der Waals surface area contributed by atoms with Gasteiger partial charge in [-0.15, -0.1) is 0 Å². The predicted molar refractivity (Wildman–Crippen MR) is 69.8 cm³/mol. The Morgan fingerprint density at radius 2 is 1.86 bits per heavy atom. The zero-order chi connectivity index (χ0) is 10.8. The largest absolute Gasteiger partial charge is 0.175 e. The molecule has 0 amide bonds. The van der Waals surface area contributed by atoms with E-state index in [0.717, 1.165) is 11.3 Å². The van der Waals surface area contributed by atoms with E-state index in [4.69, 9.17) is 0 Å². The molecule has 0 fully saturated rings. The molecule has 0 N–H and O–H groups in total. The molecule has 76 valence electrons. The highest BCUT2D eigenvalue weighted by molar-refractivity contribution is 7.80. The molecule has 0 nitrogen and oxygen atoms in total. The maximum absolute atomic E-state index is 4.11. The van der Waals surface area contributed by atoms with E-state index in [2.05, 4.69) is 37.4 Å². The van der Waals surface area contributed by atoms with Crippen molar-refractivity contribution in [3.8, 4) is 0 Å². The second kappa shape index (κ2) is 8.64. The molecule has 0 rings (SSSR count). The monoisotopic (exact) mass is 206 g/mol. The third kappa shape index (κ3) is 7.69. The molecule has 0 aromatic carbocycles. The second-order valence-corrected chi connectivity index (χ2v) is 3.30. The Morgan fingerprint density at radius 1 is 1.21 bits per heavy atom. The first-order valence-electron chi connectivity index (χ1n) is 4.64. The van der Waals surface area contributed by atoms with Gasteiger partial charge in [0.2, 0.25) is 0 Å². The summed E-state index contributed by atoms with van der Waals surface area (Å²) in [5.41, 5.74) is 2.24. The topological polar surface area (TPSA) is 0 Å². The Kier molecular flexibility index (Phi) is 8.05. The summed E-state index contributed by atoms with van der Waals surface area (Å²) in [5.74, 6) is 0.771. The summed E-state index contributed by atoms with van der Waals surface area (Å²) in [6.07, 6.45) is 14.2. The van der Waals surface area contributed by atoms with Gasteiger partial charge in [0.25, 0.3) is 0 Å². The molecule has 0 unspecified atom stereocenters. The maximum Gasteiger partial charge on any atom is 0.00858 e. The summed E-state index contributed by atoms with van der Waals surface area (Å²) < 4.78 is 0. The van der Waals surface area contributed by atoms with Crippen molar-refractivity contribution in [2.24, 2.45) is 0 Å². The molecule has 0 radical (unpaired) electrons. The molecule has 1 heteroatoms. The lowest BCUT2D eigenvalue weighted by atomic mass is 10.2. The zero-order valence-corrected chi connectivity index (χ0v) is 9.80. The third-order valence-electron chi connectivity index (χ3n) is 1.53. The molecule has 14 heavy (non-hydrogen) atoms. The van der Waals surface area contributed by atoms with Crippen LogP contribution in [0.3, 0.4) is 0 Å². The van der Waals surface area contributed by atoms with E-state index in [0.29, 0.717) is 0 Å². The van der Waals surface area contributed by atoms with Gasteiger partial charge < -0.3 is 0 Å². The second-order valence-electron chi connectivity index (χ2n) is 2.94. The molecule has 0 aliphatic rings. The molecule has 0 heterocycles. The van der Waals surface area contributed by atoms with Gasteiger partial charge in [0.05, 0.1) is 0 Å². The van der Waals surface area contributed by atoms with Crippen LogP contribution in [0.15, 0.2) is 60.3 Å². The molecule has 0 atom stereocenters. The van der Waals surface area contributed by atoms with Gasteiger partial charge in [-0.1, -0.05) is 54.7 Å². The van der Waals surface area contributed by atoms with Gasteiger partial charge in [0.1, 0.15) is 0 Å². The van der Waals surface area contributed by atoms with E-state index in [-0.39, 0.29) is 0 Å². The molecule has 0 aliphatic carbocycles. The fraction of sp³-hybridized carbons (Fsp3) is 0.231. The van der Waals surface area contributed by atoms with Gasteiger partial charge >= 0.3 is 0 Å². The molecule has 0 saturated carbocycles. The highest BCUT2D eigenvalue weighted by Crippen LogP contribution is 2.00. The van der Waals surface area contributed by atoms with Crippen molar-refractivity contribution in [2.75, 3.05) is 5.75 Å². The number of thiol groups is 1. The molecular weight excluding hydrogens is 188 g/mol. The predicted octanol–water partition coefficient (Wildman–Crippen LogP) is 4.11. The Bertz CT molecular complexity index is 278. The zero-order valence-electron chi connectivity index (χ0n) is 8.90. The summed E-state index contributed by atoms with van der Waals surface area (Å²) in [6, 6.07) is 0. The van der Waals surface area contributed by atoms with Gasteiger partial charge in [0.15, 0.2) is 0 Å². The highest BCUT2D eigenvalue weighted by Gasteiger charge is 1.80. The first kappa shape index (κ1) is 13.1. The Labute approximate surface area is 92.8 Å². The van der Waals surface area contributed by atoms with E-state index < -0.39 is 0 Å². The summed E-state index contributed by atoms with van der Waals surface area (Å²) in [6.45, 7) is 7.77. The molecule has 0 spiro atoms. The van der Waals surface area contributed by atoms with Crippen LogP contribution in [-0.4, -0.2) is 5.75 Å². The highest BCUT2D eigenvalue weighted by atomic mass is 32.1. The van der Waals surface area contributed by atoms with Crippen LogP contribution < -0.4 is 0 Å². The van der Waals surface area contributed by atoms with Crippen molar-refractivity contribution in [2.45, 2.75) is 13.8 Å². The van der Waals surface area contributed by atoms with E-state index in [9.17, 15) is 0 Å². The van der Waals surface area contributed by atoms with Crippen LogP contribution in [0.25, 0.3) is 0 Å². The quantitative estimate of drug-likeness (QED) is 0.508. The lowest BCUT2D eigenvalue weighted by Gasteiger charge is -1.89. The molecule has 0 saturated heterocycles. The lowest BCUT2D eigenvalue weighted by Crippen LogP contribution is -1.70. The smallest absolute Gasteiger partial charge is 0.00858 e. The number of allylic oxidation sites excluding steroid dienone is 8. The fourth-order valence-electron chi connectivity index (χ4n) is 0.823. The minimum absolute atomic E-state index is 0.771. The average molecular weight is 206 g/mol. The van der Waals surface area contributed by atoms with Crippen molar-refractivity contribution >= 4 is 12.6 Å². The van der Waals surface area contributed by atoms with Crippen LogP contribution in [0.1, 0.15) is 13.8 Å². The van der Waals surface area contributed by atoms with Crippen LogP contribution in [0.2, 0.25) is 0 Å². The third-order valence-corrected chi connectivity index (χ3v) is 1.74. The first-order valence-corrected chi connectivity index (χ1v) is 5.28. The van der Waals surface area contributed by atoms with Crippen LogP contribution >= 0.6 is 12.6 Å². The van der Waals surface area contributed by atoms with Gasteiger partial charge in [-0.3, -0.25) is 0 Å². The van der Waals surface area contributed by atoms with Crippen molar-refractivity contribution in [3.63, 3.8) is 0 Å². The van der Waals surface area contributed by atoms with E-state index in [1.54, 1.807) is 0 Å². The van der Waals surface area contributed by atoms with E-state index in [1.807, 2.05) is 38.2 Å². The van der Waals surface area contributed by atoms with E-state index in [1.165, 1.54) is 5.57 Å². The summed E-state index contributed by atoms with van der Waals surface area (Å²) >= 11 is 4.11. The van der Waals surface area contributed by atoms with Crippen LogP contribution in [0, 0.1) is 0 Å². The Balaban J connectivity index is 4.20. The number of hydrogen-bond donors (Lipinski definition) is 1. The van der Waals surface area contributed by atoms with Crippen molar-refractivity contribution in [3.05, 3.63) is 60.3 Å².